The lowest BCUT2D eigenvalue weighted by Gasteiger charge is -2.37. The SMILES string of the molecule is CC(C)c1[nH]ccc1C(=O)NC1(CC(N)=O)CCCCC1. The van der Waals surface area contributed by atoms with Crippen LogP contribution in [-0.4, -0.2) is 22.3 Å². The van der Waals surface area contributed by atoms with Crippen molar-refractivity contribution in [2.24, 2.45) is 5.73 Å². The van der Waals surface area contributed by atoms with Gasteiger partial charge in [0, 0.05) is 23.9 Å². The number of carbonyl (C=O) groups excluding carboxylic acids is 2. The first-order valence-corrected chi connectivity index (χ1v) is 7.72. The standard InChI is InChI=1S/C16H25N3O2/c1-11(2)14-12(6-9-18-14)15(21)19-16(10-13(17)20)7-4-3-5-8-16/h6,9,11,18H,3-5,7-8,10H2,1-2H3,(H2,17,20)(H,19,21). The number of amides is 2. The highest BCUT2D eigenvalue weighted by Crippen LogP contribution is 2.31. The van der Waals surface area contributed by atoms with Crippen LogP contribution in [0.25, 0.3) is 0 Å². The molecule has 116 valence electrons. The highest BCUT2D eigenvalue weighted by Gasteiger charge is 2.35. The summed E-state index contributed by atoms with van der Waals surface area (Å²) in [4.78, 5) is 27.1. The molecule has 1 aromatic heterocycles. The van der Waals surface area contributed by atoms with Crippen LogP contribution in [0.15, 0.2) is 12.3 Å². The van der Waals surface area contributed by atoms with Gasteiger partial charge in [0.15, 0.2) is 0 Å². The molecule has 1 saturated carbocycles. The first-order valence-electron chi connectivity index (χ1n) is 7.72. The Morgan fingerprint density at radius 1 is 1.33 bits per heavy atom. The molecule has 0 unspecified atom stereocenters. The quantitative estimate of drug-likeness (QED) is 0.778. The van der Waals surface area contributed by atoms with Crippen LogP contribution in [0, 0.1) is 0 Å². The van der Waals surface area contributed by atoms with Gasteiger partial charge in [0.25, 0.3) is 5.91 Å². The molecule has 5 nitrogen and oxygen atoms in total. The summed E-state index contributed by atoms with van der Waals surface area (Å²) in [7, 11) is 0. The first-order chi connectivity index (χ1) is 9.93. The minimum atomic E-state index is -0.466. The number of hydrogen-bond acceptors (Lipinski definition) is 2. The van der Waals surface area contributed by atoms with E-state index in [0.29, 0.717) is 5.56 Å². The van der Waals surface area contributed by atoms with Gasteiger partial charge in [-0.15, -0.1) is 0 Å². The fourth-order valence-electron chi connectivity index (χ4n) is 3.27. The Hall–Kier alpha value is -1.78. The summed E-state index contributed by atoms with van der Waals surface area (Å²) in [5, 5.41) is 3.10. The van der Waals surface area contributed by atoms with Crippen molar-refractivity contribution >= 4 is 11.8 Å². The highest BCUT2D eigenvalue weighted by molar-refractivity contribution is 5.96. The molecule has 2 rings (SSSR count). The molecule has 0 atom stereocenters. The predicted molar refractivity (Wildman–Crippen MR) is 82.0 cm³/mol. The molecule has 5 heteroatoms. The van der Waals surface area contributed by atoms with Crippen molar-refractivity contribution in [3.05, 3.63) is 23.5 Å². The molecule has 0 saturated heterocycles. The van der Waals surface area contributed by atoms with E-state index in [1.807, 2.05) is 13.8 Å². The maximum atomic E-state index is 12.6. The number of aromatic amines is 1. The number of nitrogens with two attached hydrogens (primary N) is 1. The smallest absolute Gasteiger partial charge is 0.253 e. The molecule has 2 amide bonds. The average Bonchev–Trinajstić information content (AvgIpc) is 2.87. The average molecular weight is 291 g/mol. The van der Waals surface area contributed by atoms with Gasteiger partial charge in [-0.1, -0.05) is 33.1 Å². The van der Waals surface area contributed by atoms with E-state index in [4.69, 9.17) is 5.73 Å². The predicted octanol–water partition coefficient (Wildman–Crippen LogP) is 2.45. The number of aromatic nitrogens is 1. The van der Waals surface area contributed by atoms with Gasteiger partial charge in [0.1, 0.15) is 0 Å². The Morgan fingerprint density at radius 2 is 2.00 bits per heavy atom. The number of rotatable bonds is 5. The van der Waals surface area contributed by atoms with Crippen molar-refractivity contribution in [2.75, 3.05) is 0 Å². The lowest BCUT2D eigenvalue weighted by molar-refractivity contribution is -0.119. The third kappa shape index (κ3) is 3.65. The van der Waals surface area contributed by atoms with Gasteiger partial charge < -0.3 is 16.0 Å². The summed E-state index contributed by atoms with van der Waals surface area (Å²) in [5.41, 5.74) is 6.51. The van der Waals surface area contributed by atoms with Crippen LogP contribution < -0.4 is 11.1 Å². The fourth-order valence-corrected chi connectivity index (χ4v) is 3.27. The molecule has 0 spiro atoms. The van der Waals surface area contributed by atoms with Gasteiger partial charge >= 0.3 is 0 Å². The molecule has 4 N–H and O–H groups in total. The number of primary amides is 1. The van der Waals surface area contributed by atoms with E-state index in [1.54, 1.807) is 12.3 Å². The normalized spacial score (nSPS) is 17.7. The van der Waals surface area contributed by atoms with Crippen molar-refractivity contribution in [3.8, 4) is 0 Å². The molecule has 0 radical (unpaired) electrons. The summed E-state index contributed by atoms with van der Waals surface area (Å²) in [5.74, 6) is -0.211. The number of hydrogen-bond donors (Lipinski definition) is 3. The van der Waals surface area contributed by atoms with Crippen LogP contribution in [0.5, 0.6) is 0 Å². The van der Waals surface area contributed by atoms with E-state index < -0.39 is 5.54 Å². The van der Waals surface area contributed by atoms with E-state index >= 15 is 0 Å². The number of carbonyl (C=O) groups is 2. The summed E-state index contributed by atoms with van der Waals surface area (Å²) in [6.07, 6.45) is 6.85. The van der Waals surface area contributed by atoms with Gasteiger partial charge in [0.05, 0.1) is 5.56 Å². The van der Waals surface area contributed by atoms with Gasteiger partial charge in [-0.2, -0.15) is 0 Å². The molecule has 0 aliphatic heterocycles. The maximum absolute atomic E-state index is 12.6. The van der Waals surface area contributed by atoms with E-state index in [1.165, 1.54) is 0 Å². The highest BCUT2D eigenvalue weighted by atomic mass is 16.2. The summed E-state index contributed by atoms with van der Waals surface area (Å²) in [6.45, 7) is 4.09. The summed E-state index contributed by atoms with van der Waals surface area (Å²) in [6, 6.07) is 1.80. The van der Waals surface area contributed by atoms with Gasteiger partial charge in [0.2, 0.25) is 5.91 Å². The molecular formula is C16H25N3O2. The molecule has 21 heavy (non-hydrogen) atoms. The van der Waals surface area contributed by atoms with Crippen LogP contribution in [0.4, 0.5) is 0 Å². The lowest BCUT2D eigenvalue weighted by Crippen LogP contribution is -2.52. The van der Waals surface area contributed by atoms with Gasteiger partial charge in [-0.25, -0.2) is 0 Å². The van der Waals surface area contributed by atoms with Crippen molar-refractivity contribution in [1.82, 2.24) is 10.3 Å². The zero-order valence-electron chi connectivity index (χ0n) is 12.9. The molecule has 0 bridgehead atoms. The largest absolute Gasteiger partial charge is 0.370 e. The van der Waals surface area contributed by atoms with Gasteiger partial charge in [-0.05, 0) is 24.8 Å². The van der Waals surface area contributed by atoms with Gasteiger partial charge in [-0.3, -0.25) is 9.59 Å². The zero-order chi connectivity index (χ0) is 15.5. The Bertz CT molecular complexity index is 513. The molecule has 1 heterocycles. The van der Waals surface area contributed by atoms with E-state index in [2.05, 4.69) is 10.3 Å². The molecule has 1 aliphatic rings. The maximum Gasteiger partial charge on any atom is 0.253 e. The second kappa shape index (κ2) is 6.33. The minimum Gasteiger partial charge on any atom is -0.370 e. The van der Waals surface area contributed by atoms with Crippen LogP contribution in [0.3, 0.4) is 0 Å². The summed E-state index contributed by atoms with van der Waals surface area (Å²) < 4.78 is 0. The second-order valence-electron chi connectivity index (χ2n) is 6.40. The minimum absolute atomic E-state index is 0.108. The fraction of sp³-hybridized carbons (Fsp3) is 0.625. The Balaban J connectivity index is 2.17. The molecule has 1 fully saturated rings. The Labute approximate surface area is 125 Å². The number of nitrogens with one attached hydrogen (secondary N) is 2. The van der Waals surface area contributed by atoms with Crippen LogP contribution in [0.1, 0.15) is 74.3 Å². The van der Waals surface area contributed by atoms with Crippen molar-refractivity contribution in [3.63, 3.8) is 0 Å². The molecule has 0 aromatic carbocycles. The summed E-state index contributed by atoms with van der Waals surface area (Å²) >= 11 is 0. The number of H-pyrrole nitrogens is 1. The Kier molecular flexibility index (Phi) is 4.70. The van der Waals surface area contributed by atoms with Crippen LogP contribution in [-0.2, 0) is 4.79 Å². The van der Waals surface area contributed by atoms with E-state index in [0.717, 1.165) is 37.8 Å². The van der Waals surface area contributed by atoms with E-state index in [-0.39, 0.29) is 24.2 Å². The van der Waals surface area contributed by atoms with Crippen LogP contribution in [0.2, 0.25) is 0 Å². The van der Waals surface area contributed by atoms with E-state index in [9.17, 15) is 9.59 Å². The first kappa shape index (κ1) is 15.6. The topological polar surface area (TPSA) is 88.0 Å². The third-order valence-corrected chi connectivity index (χ3v) is 4.30. The second-order valence-corrected chi connectivity index (χ2v) is 6.40. The van der Waals surface area contributed by atoms with Crippen molar-refractivity contribution in [1.29, 1.82) is 0 Å². The molecule has 1 aliphatic carbocycles. The monoisotopic (exact) mass is 291 g/mol. The van der Waals surface area contributed by atoms with Crippen molar-refractivity contribution in [2.45, 2.75) is 63.8 Å². The lowest BCUT2D eigenvalue weighted by atomic mass is 9.79. The Morgan fingerprint density at radius 3 is 2.57 bits per heavy atom. The third-order valence-electron chi connectivity index (χ3n) is 4.30. The zero-order valence-corrected chi connectivity index (χ0v) is 12.9. The molecule has 1 aromatic rings. The van der Waals surface area contributed by atoms with Crippen molar-refractivity contribution < 1.29 is 9.59 Å². The molecular weight excluding hydrogens is 266 g/mol. The van der Waals surface area contributed by atoms with Crippen LogP contribution >= 0.6 is 0 Å².